The van der Waals surface area contributed by atoms with Crippen LogP contribution in [0.2, 0.25) is 5.02 Å². The predicted octanol–water partition coefficient (Wildman–Crippen LogP) is 2.76. The van der Waals surface area contributed by atoms with E-state index in [-0.39, 0.29) is 11.9 Å². The number of rotatable bonds is 2. The van der Waals surface area contributed by atoms with Crippen molar-refractivity contribution in [1.29, 1.82) is 0 Å². The molecule has 0 aliphatic heterocycles. The molecule has 0 saturated carbocycles. The van der Waals surface area contributed by atoms with Crippen LogP contribution >= 0.6 is 11.6 Å². The fourth-order valence-corrected chi connectivity index (χ4v) is 1.17. The number of hydrogen-bond donors (Lipinski definition) is 1. The number of hydrogen-bond acceptors (Lipinski definition) is 1. The lowest BCUT2D eigenvalue weighted by atomic mass is 10.1. The Hall–Kier alpha value is -0.600. The van der Waals surface area contributed by atoms with Crippen molar-refractivity contribution in [2.45, 2.75) is 13.0 Å². The molecule has 0 fully saturated rings. The van der Waals surface area contributed by atoms with E-state index >= 15 is 0 Å². The highest BCUT2D eigenvalue weighted by atomic mass is 35.5. The minimum Gasteiger partial charge on any atom is -0.313 e. The molecule has 0 aromatic heterocycles. The van der Waals surface area contributed by atoms with E-state index < -0.39 is 0 Å². The van der Waals surface area contributed by atoms with Crippen LogP contribution in [0, 0.1) is 5.82 Å². The Kier molecular flexibility index (Phi) is 3.06. The molecule has 0 bridgehead atoms. The van der Waals surface area contributed by atoms with Crippen molar-refractivity contribution in [3.63, 3.8) is 0 Å². The summed E-state index contributed by atoms with van der Waals surface area (Å²) in [6.07, 6.45) is 0. The third-order valence-corrected chi connectivity index (χ3v) is 2.10. The van der Waals surface area contributed by atoms with Crippen molar-refractivity contribution >= 4 is 11.6 Å². The molecule has 0 aliphatic carbocycles. The fourth-order valence-electron chi connectivity index (χ4n) is 1.01. The maximum absolute atomic E-state index is 13.2. The van der Waals surface area contributed by atoms with E-state index in [1.807, 2.05) is 6.92 Å². The van der Waals surface area contributed by atoms with Crippen molar-refractivity contribution in [2.75, 3.05) is 7.05 Å². The van der Waals surface area contributed by atoms with Gasteiger partial charge in [-0.2, -0.15) is 0 Å². The largest absolute Gasteiger partial charge is 0.313 e. The first kappa shape index (κ1) is 9.49. The van der Waals surface area contributed by atoms with Gasteiger partial charge in [-0.1, -0.05) is 17.7 Å². The minimum atomic E-state index is -0.260. The Balaban J connectivity index is 3.01. The van der Waals surface area contributed by atoms with E-state index in [0.29, 0.717) is 10.6 Å². The number of halogens is 2. The van der Waals surface area contributed by atoms with Crippen LogP contribution in [0.1, 0.15) is 18.5 Å². The zero-order valence-electron chi connectivity index (χ0n) is 7.07. The Bertz CT molecular complexity index is 275. The molecule has 3 heteroatoms. The molecule has 1 aromatic rings. The molecule has 1 unspecified atom stereocenters. The highest BCUT2D eigenvalue weighted by Crippen LogP contribution is 2.19. The molecular formula is C9H11ClFN. The summed E-state index contributed by atoms with van der Waals surface area (Å²) in [7, 11) is 1.79. The summed E-state index contributed by atoms with van der Waals surface area (Å²) in [5.74, 6) is -0.260. The monoisotopic (exact) mass is 187 g/mol. The zero-order chi connectivity index (χ0) is 9.14. The molecule has 0 heterocycles. The molecule has 1 N–H and O–H groups in total. The molecule has 1 rings (SSSR count). The van der Waals surface area contributed by atoms with E-state index in [0.717, 1.165) is 0 Å². The Morgan fingerprint density at radius 1 is 1.50 bits per heavy atom. The summed E-state index contributed by atoms with van der Waals surface area (Å²) < 4.78 is 13.2. The molecule has 0 aliphatic rings. The van der Waals surface area contributed by atoms with Crippen LogP contribution in [-0.4, -0.2) is 7.05 Å². The quantitative estimate of drug-likeness (QED) is 0.751. The van der Waals surface area contributed by atoms with Gasteiger partial charge in [-0.25, -0.2) is 4.39 Å². The summed E-state index contributed by atoms with van der Waals surface area (Å²) in [5, 5.41) is 3.39. The Morgan fingerprint density at radius 2 is 2.17 bits per heavy atom. The van der Waals surface area contributed by atoms with Crippen molar-refractivity contribution < 1.29 is 4.39 Å². The van der Waals surface area contributed by atoms with E-state index in [4.69, 9.17) is 11.6 Å². The smallest absolute Gasteiger partial charge is 0.129 e. The second-order valence-electron chi connectivity index (χ2n) is 2.68. The third kappa shape index (κ3) is 1.96. The highest BCUT2D eigenvalue weighted by molar-refractivity contribution is 6.30. The first-order chi connectivity index (χ1) is 5.65. The van der Waals surface area contributed by atoms with Crippen LogP contribution in [-0.2, 0) is 0 Å². The van der Waals surface area contributed by atoms with Crippen molar-refractivity contribution in [3.05, 3.63) is 34.6 Å². The molecule has 66 valence electrons. The maximum Gasteiger partial charge on any atom is 0.129 e. The molecule has 0 saturated heterocycles. The summed E-state index contributed by atoms with van der Waals surface area (Å²) in [6, 6.07) is 4.72. The van der Waals surface area contributed by atoms with Crippen LogP contribution in [0.15, 0.2) is 18.2 Å². The molecular weight excluding hydrogens is 177 g/mol. The second kappa shape index (κ2) is 3.87. The van der Waals surface area contributed by atoms with Gasteiger partial charge in [0, 0.05) is 16.6 Å². The molecule has 0 spiro atoms. The van der Waals surface area contributed by atoms with Crippen LogP contribution in [0.5, 0.6) is 0 Å². The molecule has 1 aromatic carbocycles. The Labute approximate surface area is 76.5 Å². The van der Waals surface area contributed by atoms with Gasteiger partial charge < -0.3 is 5.32 Å². The molecule has 0 radical (unpaired) electrons. The summed E-state index contributed by atoms with van der Waals surface area (Å²) in [5.41, 5.74) is 0.641. The first-order valence-electron chi connectivity index (χ1n) is 3.77. The van der Waals surface area contributed by atoms with Gasteiger partial charge in [0.15, 0.2) is 0 Å². The number of nitrogens with one attached hydrogen (secondary N) is 1. The summed E-state index contributed by atoms with van der Waals surface area (Å²) in [4.78, 5) is 0. The van der Waals surface area contributed by atoms with Crippen LogP contribution in [0.4, 0.5) is 4.39 Å². The fraction of sp³-hybridized carbons (Fsp3) is 0.333. The maximum atomic E-state index is 13.2. The van der Waals surface area contributed by atoms with E-state index in [1.54, 1.807) is 19.2 Å². The van der Waals surface area contributed by atoms with Gasteiger partial charge in [-0.3, -0.25) is 0 Å². The Morgan fingerprint density at radius 3 is 2.67 bits per heavy atom. The van der Waals surface area contributed by atoms with E-state index in [2.05, 4.69) is 5.32 Å². The third-order valence-electron chi connectivity index (χ3n) is 1.86. The van der Waals surface area contributed by atoms with Gasteiger partial charge in [0.05, 0.1) is 0 Å². The van der Waals surface area contributed by atoms with Crippen LogP contribution in [0.25, 0.3) is 0 Å². The van der Waals surface area contributed by atoms with Gasteiger partial charge in [-0.05, 0) is 26.1 Å². The van der Waals surface area contributed by atoms with Crippen molar-refractivity contribution in [1.82, 2.24) is 5.32 Å². The van der Waals surface area contributed by atoms with Crippen molar-refractivity contribution in [3.8, 4) is 0 Å². The topological polar surface area (TPSA) is 12.0 Å². The standard InChI is InChI=1S/C9H11ClFN/c1-6(12-2)8-4-3-7(10)5-9(8)11/h3-6,12H,1-2H3. The van der Waals surface area contributed by atoms with Gasteiger partial charge in [0.25, 0.3) is 0 Å². The lowest BCUT2D eigenvalue weighted by Crippen LogP contribution is -2.13. The first-order valence-corrected chi connectivity index (χ1v) is 4.15. The van der Waals surface area contributed by atoms with Crippen LogP contribution < -0.4 is 5.32 Å². The SMILES string of the molecule is CNC(C)c1ccc(Cl)cc1F. The average molecular weight is 188 g/mol. The minimum absolute atomic E-state index is 0.0160. The van der Waals surface area contributed by atoms with Crippen molar-refractivity contribution in [2.24, 2.45) is 0 Å². The lowest BCUT2D eigenvalue weighted by Gasteiger charge is -2.11. The molecule has 12 heavy (non-hydrogen) atoms. The van der Waals surface area contributed by atoms with Crippen LogP contribution in [0.3, 0.4) is 0 Å². The average Bonchev–Trinajstić information content (AvgIpc) is 2.03. The lowest BCUT2D eigenvalue weighted by molar-refractivity contribution is 0.562. The number of benzene rings is 1. The molecule has 1 atom stereocenters. The van der Waals surface area contributed by atoms with Gasteiger partial charge in [0.1, 0.15) is 5.82 Å². The predicted molar refractivity (Wildman–Crippen MR) is 48.9 cm³/mol. The summed E-state index contributed by atoms with van der Waals surface area (Å²) in [6.45, 7) is 1.90. The highest BCUT2D eigenvalue weighted by Gasteiger charge is 2.08. The zero-order valence-corrected chi connectivity index (χ0v) is 7.82. The van der Waals surface area contributed by atoms with E-state index in [1.165, 1.54) is 6.07 Å². The summed E-state index contributed by atoms with van der Waals surface area (Å²) >= 11 is 5.60. The molecule has 1 nitrogen and oxygen atoms in total. The molecule has 0 amide bonds. The van der Waals surface area contributed by atoms with Gasteiger partial charge in [0.2, 0.25) is 0 Å². The van der Waals surface area contributed by atoms with Gasteiger partial charge in [-0.15, -0.1) is 0 Å². The van der Waals surface area contributed by atoms with E-state index in [9.17, 15) is 4.39 Å². The normalized spacial score (nSPS) is 13.0. The second-order valence-corrected chi connectivity index (χ2v) is 3.11. The van der Waals surface area contributed by atoms with Gasteiger partial charge >= 0.3 is 0 Å².